The van der Waals surface area contributed by atoms with Gasteiger partial charge in [0.25, 0.3) is 0 Å². The molecule has 5 heteroatoms. The molecule has 1 aromatic heterocycles. The van der Waals surface area contributed by atoms with Gasteiger partial charge in [0.15, 0.2) is 5.82 Å². The van der Waals surface area contributed by atoms with Crippen LogP contribution in [0.15, 0.2) is 30.5 Å². The molecule has 0 unspecified atom stereocenters. The van der Waals surface area contributed by atoms with Crippen LogP contribution in [0, 0.1) is 3.57 Å². The Morgan fingerprint density at radius 1 is 1.37 bits per heavy atom. The third-order valence-electron chi connectivity index (χ3n) is 2.55. The van der Waals surface area contributed by atoms with Crippen LogP contribution < -0.4 is 10.1 Å². The highest BCUT2D eigenvalue weighted by Crippen LogP contribution is 2.23. The van der Waals surface area contributed by atoms with Crippen molar-refractivity contribution in [2.45, 2.75) is 13.3 Å². The summed E-state index contributed by atoms with van der Waals surface area (Å²) in [5.41, 5.74) is 0.960. The average Bonchev–Trinajstić information content (AvgIpc) is 2.46. The van der Waals surface area contributed by atoms with Crippen molar-refractivity contribution in [1.29, 1.82) is 0 Å². The molecule has 0 aliphatic rings. The van der Waals surface area contributed by atoms with Crippen molar-refractivity contribution in [1.82, 2.24) is 9.97 Å². The highest BCUT2D eigenvalue weighted by atomic mass is 127. The molecule has 0 atom stereocenters. The normalized spacial score (nSPS) is 10.3. The largest absolute Gasteiger partial charge is 0.494 e. The summed E-state index contributed by atoms with van der Waals surface area (Å²) in [6, 6.07) is 7.86. The van der Waals surface area contributed by atoms with E-state index >= 15 is 0 Å². The van der Waals surface area contributed by atoms with Crippen LogP contribution >= 0.6 is 22.6 Å². The minimum absolute atomic E-state index is 0.701. The number of hydrogen-bond donors (Lipinski definition) is 1. The molecular formula is C14H16IN3O. The molecule has 1 heterocycles. The Morgan fingerprint density at radius 2 is 2.21 bits per heavy atom. The van der Waals surface area contributed by atoms with E-state index in [1.54, 1.807) is 0 Å². The summed E-state index contributed by atoms with van der Waals surface area (Å²) >= 11 is 2.21. The van der Waals surface area contributed by atoms with Gasteiger partial charge < -0.3 is 10.1 Å². The Balaban J connectivity index is 2.30. The minimum Gasteiger partial charge on any atom is -0.494 e. The standard InChI is InChI=1S/C14H16IN3O/c1-3-7-19-11-6-4-5-10(8-11)13-17-9-12(15)14(16-2)18-13/h4-6,8-9H,3,7H2,1-2H3,(H,16,17,18). The second kappa shape index (κ2) is 6.70. The molecule has 2 aromatic rings. The number of ether oxygens (including phenoxy) is 1. The Kier molecular flexibility index (Phi) is 4.95. The van der Waals surface area contributed by atoms with Crippen LogP contribution in [0.3, 0.4) is 0 Å². The smallest absolute Gasteiger partial charge is 0.161 e. The summed E-state index contributed by atoms with van der Waals surface area (Å²) in [5, 5.41) is 3.06. The van der Waals surface area contributed by atoms with Gasteiger partial charge in [-0.1, -0.05) is 19.1 Å². The molecule has 0 aliphatic carbocycles. The number of benzene rings is 1. The molecule has 0 spiro atoms. The predicted molar refractivity (Wildman–Crippen MR) is 85.5 cm³/mol. The molecule has 0 aliphatic heterocycles. The maximum Gasteiger partial charge on any atom is 0.161 e. The molecule has 1 aromatic carbocycles. The van der Waals surface area contributed by atoms with E-state index in [4.69, 9.17) is 4.74 Å². The number of anilines is 1. The van der Waals surface area contributed by atoms with Crippen molar-refractivity contribution in [2.75, 3.05) is 19.0 Å². The van der Waals surface area contributed by atoms with Crippen LogP contribution in [0.25, 0.3) is 11.4 Å². The van der Waals surface area contributed by atoms with E-state index in [2.05, 4.69) is 44.8 Å². The first-order chi connectivity index (χ1) is 9.24. The number of aromatic nitrogens is 2. The third-order valence-corrected chi connectivity index (χ3v) is 3.34. The van der Waals surface area contributed by atoms with Crippen LogP contribution in [0.4, 0.5) is 5.82 Å². The van der Waals surface area contributed by atoms with Crippen molar-refractivity contribution >= 4 is 28.4 Å². The third kappa shape index (κ3) is 3.56. The van der Waals surface area contributed by atoms with Crippen molar-refractivity contribution in [2.24, 2.45) is 0 Å². The van der Waals surface area contributed by atoms with Crippen molar-refractivity contribution in [3.05, 3.63) is 34.0 Å². The number of nitrogens with zero attached hydrogens (tertiary/aromatic N) is 2. The lowest BCUT2D eigenvalue weighted by molar-refractivity contribution is 0.317. The van der Waals surface area contributed by atoms with Gasteiger partial charge in [-0.25, -0.2) is 9.97 Å². The van der Waals surface area contributed by atoms with Crippen molar-refractivity contribution < 1.29 is 4.74 Å². The van der Waals surface area contributed by atoms with E-state index in [1.165, 1.54) is 0 Å². The van der Waals surface area contributed by atoms with Gasteiger partial charge >= 0.3 is 0 Å². The first-order valence-corrected chi connectivity index (χ1v) is 7.26. The fourth-order valence-electron chi connectivity index (χ4n) is 1.63. The SMILES string of the molecule is CCCOc1cccc(-c2ncc(I)c(NC)n2)c1. The maximum atomic E-state index is 5.62. The first-order valence-electron chi connectivity index (χ1n) is 6.18. The molecule has 1 N–H and O–H groups in total. The summed E-state index contributed by atoms with van der Waals surface area (Å²) in [4.78, 5) is 8.86. The van der Waals surface area contributed by atoms with Crippen LogP contribution in [0.1, 0.15) is 13.3 Å². The highest BCUT2D eigenvalue weighted by molar-refractivity contribution is 14.1. The lowest BCUT2D eigenvalue weighted by Gasteiger charge is -2.08. The molecule has 0 amide bonds. The lowest BCUT2D eigenvalue weighted by Crippen LogP contribution is -2.00. The van der Waals surface area contributed by atoms with E-state index in [0.29, 0.717) is 5.82 Å². The van der Waals surface area contributed by atoms with E-state index in [9.17, 15) is 0 Å². The number of hydrogen-bond acceptors (Lipinski definition) is 4. The molecule has 0 fully saturated rings. The average molecular weight is 369 g/mol. The topological polar surface area (TPSA) is 47.0 Å². The van der Waals surface area contributed by atoms with Crippen molar-refractivity contribution in [3.63, 3.8) is 0 Å². The molecule has 4 nitrogen and oxygen atoms in total. The Labute approximate surface area is 126 Å². The number of rotatable bonds is 5. The molecule has 0 saturated carbocycles. The second-order valence-corrected chi connectivity index (χ2v) is 5.18. The zero-order valence-electron chi connectivity index (χ0n) is 11.0. The molecule has 0 radical (unpaired) electrons. The Morgan fingerprint density at radius 3 is 2.95 bits per heavy atom. The summed E-state index contributed by atoms with van der Waals surface area (Å²) in [5.74, 6) is 2.39. The second-order valence-electron chi connectivity index (χ2n) is 4.02. The molecule has 2 rings (SSSR count). The van der Waals surface area contributed by atoms with Gasteiger partial charge in [-0.3, -0.25) is 0 Å². The Bertz CT molecular complexity index is 560. The summed E-state index contributed by atoms with van der Waals surface area (Å²) < 4.78 is 6.63. The monoisotopic (exact) mass is 369 g/mol. The van der Waals surface area contributed by atoms with E-state index in [1.807, 2.05) is 37.5 Å². The zero-order chi connectivity index (χ0) is 13.7. The lowest BCUT2D eigenvalue weighted by atomic mass is 10.2. The van der Waals surface area contributed by atoms with Crippen LogP contribution in [0.2, 0.25) is 0 Å². The van der Waals surface area contributed by atoms with Gasteiger partial charge in [-0.2, -0.15) is 0 Å². The number of halogens is 1. The minimum atomic E-state index is 0.701. The zero-order valence-corrected chi connectivity index (χ0v) is 13.1. The molecular weight excluding hydrogens is 353 g/mol. The summed E-state index contributed by atoms with van der Waals surface area (Å²) in [6.45, 7) is 2.81. The number of nitrogens with one attached hydrogen (secondary N) is 1. The van der Waals surface area contributed by atoms with Gasteiger partial charge in [0.2, 0.25) is 0 Å². The Hall–Kier alpha value is -1.37. The van der Waals surface area contributed by atoms with Gasteiger partial charge in [-0.15, -0.1) is 0 Å². The molecule has 0 bridgehead atoms. The van der Waals surface area contributed by atoms with Crippen LogP contribution in [-0.2, 0) is 0 Å². The maximum absolute atomic E-state index is 5.62. The fourth-order valence-corrected chi connectivity index (χ4v) is 2.16. The van der Waals surface area contributed by atoms with Crippen LogP contribution in [-0.4, -0.2) is 23.6 Å². The van der Waals surface area contributed by atoms with Gasteiger partial charge in [-0.05, 0) is 41.1 Å². The van der Waals surface area contributed by atoms with E-state index in [0.717, 1.165) is 33.7 Å². The van der Waals surface area contributed by atoms with Gasteiger partial charge in [0, 0.05) is 18.8 Å². The summed E-state index contributed by atoms with van der Waals surface area (Å²) in [7, 11) is 1.86. The predicted octanol–water partition coefficient (Wildman–Crippen LogP) is 3.58. The fraction of sp³-hybridized carbons (Fsp3) is 0.286. The van der Waals surface area contributed by atoms with Crippen LogP contribution in [0.5, 0.6) is 5.75 Å². The van der Waals surface area contributed by atoms with Gasteiger partial charge in [0.1, 0.15) is 11.6 Å². The quantitative estimate of drug-likeness (QED) is 0.819. The van der Waals surface area contributed by atoms with E-state index < -0.39 is 0 Å². The first kappa shape index (κ1) is 14.0. The van der Waals surface area contributed by atoms with E-state index in [-0.39, 0.29) is 0 Å². The van der Waals surface area contributed by atoms with Crippen molar-refractivity contribution in [3.8, 4) is 17.1 Å². The molecule has 100 valence electrons. The molecule has 19 heavy (non-hydrogen) atoms. The van der Waals surface area contributed by atoms with Gasteiger partial charge in [0.05, 0.1) is 10.2 Å². The highest BCUT2D eigenvalue weighted by Gasteiger charge is 2.06. The summed E-state index contributed by atoms with van der Waals surface area (Å²) in [6.07, 6.45) is 2.81. The molecule has 0 saturated heterocycles.